The lowest BCUT2D eigenvalue weighted by atomic mass is 10.1. The molecule has 3 rings (SSSR count). The van der Waals surface area contributed by atoms with E-state index in [9.17, 15) is 0 Å². The van der Waals surface area contributed by atoms with Crippen LogP contribution in [0.2, 0.25) is 0 Å². The lowest BCUT2D eigenvalue weighted by Crippen LogP contribution is -2.40. The molecule has 136 valence electrons. The van der Waals surface area contributed by atoms with Gasteiger partial charge in [-0.1, -0.05) is 30.9 Å². The molecule has 5 nitrogen and oxygen atoms in total. The van der Waals surface area contributed by atoms with Crippen LogP contribution in [0.1, 0.15) is 24.8 Å². The van der Waals surface area contributed by atoms with E-state index in [2.05, 4.69) is 33.2 Å². The number of nitrogens with one attached hydrogen (secondary N) is 2. The number of rotatable bonds is 8. The van der Waals surface area contributed by atoms with Crippen molar-refractivity contribution >= 4 is 5.96 Å². The Morgan fingerprint density at radius 3 is 2.92 bits per heavy atom. The van der Waals surface area contributed by atoms with Gasteiger partial charge < -0.3 is 20.3 Å². The molecule has 1 atom stereocenters. The van der Waals surface area contributed by atoms with Crippen molar-refractivity contribution in [3.05, 3.63) is 42.5 Å². The summed E-state index contributed by atoms with van der Waals surface area (Å²) in [6.07, 6.45) is 5.85. The highest BCUT2D eigenvalue weighted by Crippen LogP contribution is 2.31. The van der Waals surface area contributed by atoms with Crippen molar-refractivity contribution in [2.75, 3.05) is 33.3 Å². The first-order chi connectivity index (χ1) is 12.3. The zero-order valence-corrected chi connectivity index (χ0v) is 15.2. The minimum atomic E-state index is 0.517. The van der Waals surface area contributed by atoms with E-state index in [1.807, 2.05) is 25.2 Å². The Morgan fingerprint density at radius 2 is 2.16 bits per heavy atom. The fraction of sp³-hybridized carbons (Fsp3) is 0.550. The van der Waals surface area contributed by atoms with Gasteiger partial charge in [-0.15, -0.1) is 0 Å². The van der Waals surface area contributed by atoms with Gasteiger partial charge in [0.05, 0.1) is 0 Å². The number of hydrogen-bond acceptors (Lipinski definition) is 3. The number of hydrogen-bond donors (Lipinski definition) is 2. The number of para-hydroxylation sites is 1. The molecule has 1 saturated heterocycles. The smallest absolute Gasteiger partial charge is 0.191 e. The maximum Gasteiger partial charge on any atom is 0.191 e. The first-order valence-corrected chi connectivity index (χ1v) is 9.30. The standard InChI is InChI=1S/C20H30N4O/c1-3-12-25-19-7-5-4-6-17(19)14-23-20(21-2)22-13-16-10-11-24(15-16)18-8-9-18/h3-7,16,18H,1,8-15H2,2H3,(H2,21,22,23). The van der Waals surface area contributed by atoms with Gasteiger partial charge in [-0.3, -0.25) is 4.99 Å². The van der Waals surface area contributed by atoms with E-state index in [0.29, 0.717) is 13.2 Å². The molecule has 1 saturated carbocycles. The van der Waals surface area contributed by atoms with Crippen molar-refractivity contribution in [2.45, 2.75) is 31.8 Å². The van der Waals surface area contributed by atoms with Gasteiger partial charge in [-0.25, -0.2) is 0 Å². The van der Waals surface area contributed by atoms with Crippen LogP contribution in [0.15, 0.2) is 41.9 Å². The summed E-state index contributed by atoms with van der Waals surface area (Å²) in [5, 5.41) is 6.87. The van der Waals surface area contributed by atoms with Crippen LogP contribution < -0.4 is 15.4 Å². The van der Waals surface area contributed by atoms with Crippen LogP contribution in [-0.4, -0.2) is 50.2 Å². The Hall–Kier alpha value is -2.01. The summed E-state index contributed by atoms with van der Waals surface area (Å²) in [6.45, 7) is 8.38. The number of likely N-dealkylation sites (tertiary alicyclic amines) is 1. The molecule has 1 aromatic rings. The van der Waals surface area contributed by atoms with Crippen LogP contribution in [-0.2, 0) is 6.54 Å². The van der Waals surface area contributed by atoms with Gasteiger partial charge in [0.2, 0.25) is 0 Å². The van der Waals surface area contributed by atoms with E-state index in [4.69, 9.17) is 4.74 Å². The predicted octanol–water partition coefficient (Wildman–Crippen LogP) is 2.40. The summed E-state index contributed by atoms with van der Waals surface area (Å²) in [6, 6.07) is 8.96. The Balaban J connectivity index is 1.44. The quantitative estimate of drug-likeness (QED) is 0.433. The molecule has 1 aliphatic heterocycles. The molecule has 0 spiro atoms. The SMILES string of the molecule is C=CCOc1ccccc1CNC(=NC)NCC1CCN(C2CC2)C1. The Bertz CT molecular complexity index is 597. The second-order valence-corrected chi connectivity index (χ2v) is 6.89. The topological polar surface area (TPSA) is 48.9 Å². The van der Waals surface area contributed by atoms with E-state index >= 15 is 0 Å². The van der Waals surface area contributed by atoms with Crippen LogP contribution >= 0.6 is 0 Å². The van der Waals surface area contributed by atoms with Gasteiger partial charge in [-0.2, -0.15) is 0 Å². The molecule has 5 heteroatoms. The highest BCUT2D eigenvalue weighted by atomic mass is 16.5. The van der Waals surface area contributed by atoms with Crippen molar-refractivity contribution in [3.8, 4) is 5.75 Å². The molecular weight excluding hydrogens is 312 g/mol. The summed E-state index contributed by atoms with van der Waals surface area (Å²) in [4.78, 5) is 6.99. The molecule has 0 radical (unpaired) electrons. The fourth-order valence-electron chi connectivity index (χ4n) is 3.38. The average molecular weight is 342 g/mol. The summed E-state index contributed by atoms with van der Waals surface area (Å²) in [7, 11) is 1.82. The lowest BCUT2D eigenvalue weighted by Gasteiger charge is -2.17. The van der Waals surface area contributed by atoms with Crippen LogP contribution in [0.25, 0.3) is 0 Å². The molecule has 2 fully saturated rings. The van der Waals surface area contributed by atoms with E-state index in [1.165, 1.54) is 32.4 Å². The maximum absolute atomic E-state index is 5.71. The first-order valence-electron chi connectivity index (χ1n) is 9.30. The Morgan fingerprint density at radius 1 is 1.32 bits per heavy atom. The average Bonchev–Trinajstić information content (AvgIpc) is 3.39. The number of aliphatic imine (C=N–C) groups is 1. The number of guanidine groups is 1. The number of benzene rings is 1. The normalized spacial score (nSPS) is 21.2. The molecular formula is C20H30N4O. The van der Waals surface area contributed by atoms with Crippen LogP contribution in [0, 0.1) is 5.92 Å². The van der Waals surface area contributed by atoms with E-state index in [1.54, 1.807) is 6.08 Å². The molecule has 1 unspecified atom stereocenters. The molecule has 0 amide bonds. The van der Waals surface area contributed by atoms with Crippen molar-refractivity contribution in [1.82, 2.24) is 15.5 Å². The molecule has 1 aromatic carbocycles. The minimum Gasteiger partial charge on any atom is -0.489 e. The summed E-state index contributed by atoms with van der Waals surface area (Å²) < 4.78 is 5.71. The monoisotopic (exact) mass is 342 g/mol. The van der Waals surface area contributed by atoms with Crippen LogP contribution in [0.4, 0.5) is 0 Å². The molecule has 1 heterocycles. The molecule has 2 N–H and O–H groups in total. The number of nitrogens with zero attached hydrogens (tertiary/aromatic N) is 2. The van der Waals surface area contributed by atoms with Crippen LogP contribution in [0.3, 0.4) is 0 Å². The molecule has 25 heavy (non-hydrogen) atoms. The van der Waals surface area contributed by atoms with Crippen LogP contribution in [0.5, 0.6) is 5.75 Å². The largest absolute Gasteiger partial charge is 0.489 e. The van der Waals surface area contributed by atoms with Gasteiger partial charge in [-0.05, 0) is 37.8 Å². The van der Waals surface area contributed by atoms with Crippen molar-refractivity contribution in [1.29, 1.82) is 0 Å². The number of ether oxygens (including phenoxy) is 1. The van der Waals surface area contributed by atoms with E-state index in [-0.39, 0.29) is 0 Å². The van der Waals surface area contributed by atoms with Gasteiger partial charge in [0.15, 0.2) is 5.96 Å². The zero-order chi connectivity index (χ0) is 17.5. The van der Waals surface area contributed by atoms with Gasteiger partial charge in [0.25, 0.3) is 0 Å². The molecule has 0 bridgehead atoms. The fourth-order valence-corrected chi connectivity index (χ4v) is 3.38. The van der Waals surface area contributed by atoms with Gasteiger partial charge >= 0.3 is 0 Å². The lowest BCUT2D eigenvalue weighted by molar-refractivity contribution is 0.314. The Labute approximate surface area is 151 Å². The third-order valence-corrected chi connectivity index (χ3v) is 4.94. The highest BCUT2D eigenvalue weighted by molar-refractivity contribution is 5.79. The van der Waals surface area contributed by atoms with Crippen molar-refractivity contribution < 1.29 is 4.74 Å². The van der Waals surface area contributed by atoms with E-state index in [0.717, 1.165) is 35.8 Å². The second kappa shape index (κ2) is 8.90. The predicted molar refractivity (Wildman–Crippen MR) is 103 cm³/mol. The summed E-state index contributed by atoms with van der Waals surface area (Å²) in [5.74, 6) is 2.46. The van der Waals surface area contributed by atoms with Gasteiger partial charge in [0, 0.05) is 38.3 Å². The summed E-state index contributed by atoms with van der Waals surface area (Å²) in [5.41, 5.74) is 1.12. The molecule has 2 aliphatic rings. The van der Waals surface area contributed by atoms with Crippen molar-refractivity contribution in [2.24, 2.45) is 10.9 Å². The van der Waals surface area contributed by atoms with Crippen molar-refractivity contribution in [3.63, 3.8) is 0 Å². The van der Waals surface area contributed by atoms with Gasteiger partial charge in [0.1, 0.15) is 12.4 Å². The zero-order valence-electron chi connectivity index (χ0n) is 15.2. The maximum atomic E-state index is 5.71. The Kier molecular flexibility index (Phi) is 6.34. The third-order valence-electron chi connectivity index (χ3n) is 4.94. The third kappa shape index (κ3) is 5.23. The second-order valence-electron chi connectivity index (χ2n) is 6.89. The highest BCUT2D eigenvalue weighted by Gasteiger charge is 2.34. The van der Waals surface area contributed by atoms with E-state index < -0.39 is 0 Å². The summed E-state index contributed by atoms with van der Waals surface area (Å²) >= 11 is 0. The molecule has 0 aromatic heterocycles. The minimum absolute atomic E-state index is 0.517. The molecule has 1 aliphatic carbocycles. The first kappa shape index (κ1) is 17.8.